The summed E-state index contributed by atoms with van der Waals surface area (Å²) in [4.78, 5) is 16.4. The topological polar surface area (TPSA) is 80.0 Å². The number of nitrogens with zero attached hydrogens (tertiary/aromatic N) is 2. The second-order valence-electron chi connectivity index (χ2n) is 7.26. The van der Waals surface area contributed by atoms with E-state index in [4.69, 9.17) is 4.52 Å². The maximum Gasteiger partial charge on any atom is 0.226 e. The highest BCUT2D eigenvalue weighted by Crippen LogP contribution is 2.19. The smallest absolute Gasteiger partial charge is 0.226 e. The first-order valence-electron chi connectivity index (χ1n) is 8.19. The van der Waals surface area contributed by atoms with Gasteiger partial charge < -0.3 is 15.2 Å². The van der Waals surface area contributed by atoms with E-state index in [0.29, 0.717) is 30.5 Å². The van der Waals surface area contributed by atoms with E-state index in [1.165, 1.54) is 0 Å². The van der Waals surface area contributed by atoms with Gasteiger partial charge in [-0.3, -0.25) is 4.79 Å². The number of carbonyl (C=O) groups excluding carboxylic acids is 1. The number of aromatic nitrogens is 2. The molecule has 0 bridgehead atoms. The molecule has 1 aromatic heterocycles. The largest absolute Gasteiger partial charge is 0.352 e. The third-order valence-electron chi connectivity index (χ3n) is 4.11. The highest BCUT2D eigenvalue weighted by Gasteiger charge is 2.23. The molecule has 2 rings (SSSR count). The second-order valence-corrected chi connectivity index (χ2v) is 7.26. The van der Waals surface area contributed by atoms with E-state index in [2.05, 4.69) is 48.5 Å². The first kappa shape index (κ1) is 16.9. The Kier molecular flexibility index (Phi) is 5.56. The number of hydrogen-bond donors (Lipinski definition) is 2. The van der Waals surface area contributed by atoms with Gasteiger partial charge in [0.1, 0.15) is 0 Å². The second kappa shape index (κ2) is 7.22. The number of nitrogens with one attached hydrogen (secondary N) is 2. The van der Waals surface area contributed by atoms with E-state index in [0.717, 1.165) is 25.9 Å². The molecule has 0 spiro atoms. The molecule has 2 unspecified atom stereocenters. The average molecular weight is 308 g/mol. The van der Waals surface area contributed by atoms with Crippen molar-refractivity contribution < 1.29 is 9.32 Å². The van der Waals surface area contributed by atoms with Gasteiger partial charge in [-0.1, -0.05) is 32.9 Å². The number of aryl methyl sites for hydroxylation is 1. The molecule has 2 N–H and O–H groups in total. The molecule has 0 radical (unpaired) electrons. The van der Waals surface area contributed by atoms with Crippen molar-refractivity contribution in [1.29, 1.82) is 0 Å². The van der Waals surface area contributed by atoms with Crippen molar-refractivity contribution in [3.05, 3.63) is 11.7 Å². The molecule has 1 amide bonds. The predicted molar refractivity (Wildman–Crippen MR) is 84.5 cm³/mol. The van der Waals surface area contributed by atoms with Gasteiger partial charge in [-0.2, -0.15) is 4.98 Å². The molecule has 2 heterocycles. The Labute approximate surface area is 132 Å². The summed E-state index contributed by atoms with van der Waals surface area (Å²) in [7, 11) is 0. The summed E-state index contributed by atoms with van der Waals surface area (Å²) >= 11 is 0. The summed E-state index contributed by atoms with van der Waals surface area (Å²) in [5, 5.41) is 10.4. The van der Waals surface area contributed by atoms with Gasteiger partial charge in [-0.15, -0.1) is 0 Å². The third-order valence-corrected chi connectivity index (χ3v) is 4.11. The van der Waals surface area contributed by atoms with Crippen molar-refractivity contribution in [2.45, 2.75) is 64.8 Å². The molecular weight excluding hydrogens is 280 g/mol. The number of amides is 1. The summed E-state index contributed by atoms with van der Waals surface area (Å²) in [6.45, 7) is 10.3. The summed E-state index contributed by atoms with van der Waals surface area (Å²) in [5.41, 5.74) is -0.108. The van der Waals surface area contributed by atoms with E-state index < -0.39 is 0 Å². The predicted octanol–water partition coefficient (Wildman–Crippen LogP) is 1.80. The fourth-order valence-electron chi connectivity index (χ4n) is 2.52. The molecule has 1 aliphatic heterocycles. The van der Waals surface area contributed by atoms with Crippen LogP contribution in [0.25, 0.3) is 0 Å². The Morgan fingerprint density at radius 2 is 2.23 bits per heavy atom. The van der Waals surface area contributed by atoms with Gasteiger partial charge in [0, 0.05) is 30.8 Å². The Morgan fingerprint density at radius 3 is 2.86 bits per heavy atom. The van der Waals surface area contributed by atoms with Crippen molar-refractivity contribution in [1.82, 2.24) is 20.8 Å². The number of carbonyl (C=O) groups is 1. The van der Waals surface area contributed by atoms with E-state index in [1.54, 1.807) is 0 Å². The SMILES string of the molecule is CC1CCNCC1NC(=O)CCCc1nc(C(C)(C)C)no1. The van der Waals surface area contributed by atoms with Crippen molar-refractivity contribution in [2.24, 2.45) is 5.92 Å². The van der Waals surface area contributed by atoms with Crippen LogP contribution in [0.4, 0.5) is 0 Å². The lowest BCUT2D eigenvalue weighted by Crippen LogP contribution is -2.50. The number of rotatable bonds is 5. The van der Waals surface area contributed by atoms with Crippen LogP contribution in [0.3, 0.4) is 0 Å². The van der Waals surface area contributed by atoms with Crippen LogP contribution in [0.15, 0.2) is 4.52 Å². The zero-order chi connectivity index (χ0) is 16.2. The normalized spacial score (nSPS) is 22.5. The molecule has 0 aliphatic carbocycles. The van der Waals surface area contributed by atoms with E-state index in [1.807, 2.05) is 0 Å². The number of hydrogen-bond acceptors (Lipinski definition) is 5. The monoisotopic (exact) mass is 308 g/mol. The molecule has 2 atom stereocenters. The fourth-order valence-corrected chi connectivity index (χ4v) is 2.52. The summed E-state index contributed by atoms with van der Waals surface area (Å²) in [6.07, 6.45) is 2.99. The maximum absolute atomic E-state index is 12.0. The molecule has 22 heavy (non-hydrogen) atoms. The van der Waals surface area contributed by atoms with Gasteiger partial charge in [-0.25, -0.2) is 0 Å². The third kappa shape index (κ3) is 4.80. The highest BCUT2D eigenvalue weighted by atomic mass is 16.5. The van der Waals surface area contributed by atoms with E-state index in [9.17, 15) is 4.79 Å². The molecule has 124 valence electrons. The van der Waals surface area contributed by atoms with Crippen LogP contribution in [0.2, 0.25) is 0 Å². The van der Waals surface area contributed by atoms with Crippen LogP contribution >= 0.6 is 0 Å². The minimum absolute atomic E-state index is 0.108. The van der Waals surface area contributed by atoms with Gasteiger partial charge in [-0.05, 0) is 25.3 Å². The first-order chi connectivity index (χ1) is 10.4. The molecule has 0 saturated carbocycles. The Hall–Kier alpha value is -1.43. The fraction of sp³-hybridized carbons (Fsp3) is 0.812. The average Bonchev–Trinajstić information content (AvgIpc) is 2.90. The van der Waals surface area contributed by atoms with Crippen LogP contribution < -0.4 is 10.6 Å². The summed E-state index contributed by atoms with van der Waals surface area (Å²) in [5.74, 6) is 1.98. The van der Waals surface area contributed by atoms with Gasteiger partial charge in [0.2, 0.25) is 11.8 Å². The number of piperidine rings is 1. The minimum Gasteiger partial charge on any atom is -0.352 e. The lowest BCUT2D eigenvalue weighted by molar-refractivity contribution is -0.122. The van der Waals surface area contributed by atoms with Gasteiger partial charge >= 0.3 is 0 Å². The van der Waals surface area contributed by atoms with Crippen molar-refractivity contribution in [3.63, 3.8) is 0 Å². The molecule has 0 aromatic carbocycles. The lowest BCUT2D eigenvalue weighted by atomic mass is 9.94. The molecule has 6 nitrogen and oxygen atoms in total. The van der Waals surface area contributed by atoms with Gasteiger partial charge in [0.05, 0.1) is 0 Å². The Balaban J connectivity index is 1.71. The Morgan fingerprint density at radius 1 is 1.45 bits per heavy atom. The van der Waals surface area contributed by atoms with E-state index in [-0.39, 0.29) is 17.4 Å². The first-order valence-corrected chi connectivity index (χ1v) is 8.19. The highest BCUT2D eigenvalue weighted by molar-refractivity contribution is 5.76. The van der Waals surface area contributed by atoms with Crippen LogP contribution in [0.1, 0.15) is 58.7 Å². The standard InChI is InChI=1S/C16H28N4O2/c1-11-8-9-17-10-12(11)18-13(21)6-5-7-14-19-15(20-22-14)16(2,3)4/h11-12,17H,5-10H2,1-4H3,(H,18,21). The van der Waals surface area contributed by atoms with Crippen molar-refractivity contribution in [2.75, 3.05) is 13.1 Å². The van der Waals surface area contributed by atoms with Gasteiger partial charge in [0.25, 0.3) is 0 Å². The van der Waals surface area contributed by atoms with E-state index >= 15 is 0 Å². The molecule has 1 aromatic rings. The zero-order valence-electron chi connectivity index (χ0n) is 14.1. The molecule has 6 heteroatoms. The Bertz CT molecular complexity index is 493. The summed E-state index contributed by atoms with van der Waals surface area (Å²) < 4.78 is 5.24. The van der Waals surface area contributed by atoms with Crippen molar-refractivity contribution in [3.8, 4) is 0 Å². The lowest BCUT2D eigenvalue weighted by Gasteiger charge is -2.30. The van der Waals surface area contributed by atoms with Crippen LogP contribution in [-0.4, -0.2) is 35.2 Å². The van der Waals surface area contributed by atoms with Gasteiger partial charge in [0.15, 0.2) is 5.82 Å². The minimum atomic E-state index is -0.108. The zero-order valence-corrected chi connectivity index (χ0v) is 14.1. The molecular formula is C16H28N4O2. The van der Waals surface area contributed by atoms with Crippen molar-refractivity contribution >= 4 is 5.91 Å². The summed E-state index contributed by atoms with van der Waals surface area (Å²) in [6, 6.07) is 0.247. The van der Waals surface area contributed by atoms with Crippen LogP contribution in [0, 0.1) is 5.92 Å². The molecule has 1 saturated heterocycles. The quantitative estimate of drug-likeness (QED) is 0.867. The van der Waals surface area contributed by atoms with Crippen LogP contribution in [-0.2, 0) is 16.6 Å². The van der Waals surface area contributed by atoms with Crippen LogP contribution in [0.5, 0.6) is 0 Å². The molecule has 1 aliphatic rings. The molecule has 1 fully saturated rings. The maximum atomic E-state index is 12.0.